The Labute approximate surface area is 204 Å². The van der Waals surface area contributed by atoms with Crippen LogP contribution in [0.1, 0.15) is 15.9 Å². The van der Waals surface area contributed by atoms with Gasteiger partial charge in [0.2, 0.25) is 0 Å². The van der Waals surface area contributed by atoms with Crippen molar-refractivity contribution in [2.24, 2.45) is 5.92 Å². The third-order valence-corrected chi connectivity index (χ3v) is 6.25. The van der Waals surface area contributed by atoms with E-state index in [1.54, 1.807) is 25.6 Å². The van der Waals surface area contributed by atoms with E-state index in [1.165, 1.54) is 10.9 Å². The largest absolute Gasteiger partial charge is 0.497 e. The highest BCUT2D eigenvalue weighted by molar-refractivity contribution is 5.99. The molecular formula is C28H28N4O3. The number of fused-ring (bicyclic) bond motifs is 1. The highest BCUT2D eigenvalue weighted by Crippen LogP contribution is 2.24. The van der Waals surface area contributed by atoms with E-state index in [0.717, 1.165) is 23.2 Å². The highest BCUT2D eigenvalue weighted by Gasteiger charge is 2.25. The van der Waals surface area contributed by atoms with Gasteiger partial charge in [0.1, 0.15) is 11.6 Å². The summed E-state index contributed by atoms with van der Waals surface area (Å²) in [5.41, 5.74) is 2.60. The molecule has 1 amide bonds. The number of carbonyl (C=O) groups is 1. The van der Waals surface area contributed by atoms with Crippen LogP contribution in [0.2, 0.25) is 0 Å². The monoisotopic (exact) mass is 468 g/mol. The molecule has 3 heterocycles. The van der Waals surface area contributed by atoms with Crippen LogP contribution in [0.5, 0.6) is 5.75 Å². The molecule has 1 aliphatic rings. The third kappa shape index (κ3) is 5.41. The van der Waals surface area contributed by atoms with Crippen molar-refractivity contribution < 1.29 is 14.3 Å². The fourth-order valence-electron chi connectivity index (χ4n) is 4.44. The number of rotatable bonds is 6. The van der Waals surface area contributed by atoms with Crippen LogP contribution >= 0.6 is 0 Å². The third-order valence-electron chi connectivity index (χ3n) is 6.25. The van der Waals surface area contributed by atoms with Gasteiger partial charge in [-0.25, -0.2) is 4.98 Å². The number of anilines is 2. The smallest absolute Gasteiger partial charge is 0.257 e. The summed E-state index contributed by atoms with van der Waals surface area (Å²) in [5.74, 6) is 1.45. The number of aromatic nitrogens is 2. The van der Waals surface area contributed by atoms with E-state index in [0.29, 0.717) is 37.7 Å². The Kier molecular flexibility index (Phi) is 6.86. The van der Waals surface area contributed by atoms with E-state index >= 15 is 0 Å². The summed E-state index contributed by atoms with van der Waals surface area (Å²) in [5, 5.41) is 5.57. The minimum absolute atomic E-state index is 0.0488. The molecule has 0 aliphatic carbocycles. The van der Waals surface area contributed by atoms with Crippen LogP contribution in [0.3, 0.4) is 0 Å². The molecular weight excluding hydrogens is 440 g/mol. The van der Waals surface area contributed by atoms with Crippen LogP contribution in [-0.4, -0.2) is 54.2 Å². The van der Waals surface area contributed by atoms with Gasteiger partial charge in [0.25, 0.3) is 5.91 Å². The van der Waals surface area contributed by atoms with Crippen molar-refractivity contribution in [2.75, 3.05) is 38.7 Å². The van der Waals surface area contributed by atoms with Crippen molar-refractivity contribution in [3.05, 3.63) is 90.4 Å². The number of carbonyl (C=O) groups excluding carboxylic acids is 1. The Hall–Kier alpha value is -3.97. The predicted molar refractivity (Wildman–Crippen MR) is 136 cm³/mol. The number of pyridine rings is 2. The minimum Gasteiger partial charge on any atom is -0.497 e. The van der Waals surface area contributed by atoms with Crippen LogP contribution < -0.4 is 10.1 Å². The number of hydrogen-bond acceptors (Lipinski definition) is 6. The standard InChI is InChI=1S/C28H28N4O3/c1-34-25-8-6-24(7-9-25)31-27-26(3-2-11-30-27)28(33)32-13-14-35-19-21(18-32)15-20-4-5-22-10-12-29-17-23(22)16-20/h2-12,16-17,21H,13-15,18-19H2,1H3,(H,30,31). The van der Waals surface area contributed by atoms with Gasteiger partial charge < -0.3 is 19.7 Å². The van der Waals surface area contributed by atoms with E-state index in [1.807, 2.05) is 47.5 Å². The van der Waals surface area contributed by atoms with Gasteiger partial charge in [0.15, 0.2) is 0 Å². The first-order chi connectivity index (χ1) is 17.2. The molecule has 5 rings (SSSR count). The van der Waals surface area contributed by atoms with Crippen LogP contribution in [0, 0.1) is 5.92 Å². The van der Waals surface area contributed by atoms with Crippen LogP contribution in [0.4, 0.5) is 11.5 Å². The van der Waals surface area contributed by atoms with Gasteiger partial charge in [-0.1, -0.05) is 12.1 Å². The highest BCUT2D eigenvalue weighted by atomic mass is 16.5. The maximum Gasteiger partial charge on any atom is 0.257 e. The Bertz CT molecular complexity index is 1310. The molecule has 0 spiro atoms. The van der Waals surface area contributed by atoms with Gasteiger partial charge in [-0.15, -0.1) is 0 Å². The zero-order valence-electron chi connectivity index (χ0n) is 19.7. The van der Waals surface area contributed by atoms with Gasteiger partial charge in [0, 0.05) is 48.7 Å². The quantitative estimate of drug-likeness (QED) is 0.442. The normalized spacial score (nSPS) is 16.0. The number of benzene rings is 2. The molecule has 1 saturated heterocycles. The Morgan fingerprint density at radius 3 is 2.86 bits per heavy atom. The lowest BCUT2D eigenvalue weighted by Crippen LogP contribution is -2.36. The summed E-state index contributed by atoms with van der Waals surface area (Å²) in [4.78, 5) is 24.2. The summed E-state index contributed by atoms with van der Waals surface area (Å²) >= 11 is 0. The molecule has 2 aromatic heterocycles. The fourth-order valence-corrected chi connectivity index (χ4v) is 4.44. The Morgan fingerprint density at radius 1 is 1.11 bits per heavy atom. The molecule has 35 heavy (non-hydrogen) atoms. The number of ether oxygens (including phenoxy) is 2. The van der Waals surface area contributed by atoms with E-state index < -0.39 is 0 Å². The molecule has 0 bridgehead atoms. The average Bonchev–Trinajstić information content (AvgIpc) is 3.14. The number of nitrogens with one attached hydrogen (secondary N) is 1. The second-order valence-electron chi connectivity index (χ2n) is 8.71. The van der Waals surface area contributed by atoms with Gasteiger partial charge in [-0.3, -0.25) is 9.78 Å². The maximum absolute atomic E-state index is 13.6. The molecule has 178 valence electrons. The van der Waals surface area contributed by atoms with Crippen molar-refractivity contribution in [2.45, 2.75) is 6.42 Å². The second kappa shape index (κ2) is 10.5. The summed E-state index contributed by atoms with van der Waals surface area (Å²) in [6.45, 7) is 2.32. The van der Waals surface area contributed by atoms with Crippen molar-refractivity contribution in [1.29, 1.82) is 0 Å². The molecule has 4 aromatic rings. The number of nitrogens with zero attached hydrogens (tertiary/aromatic N) is 3. The second-order valence-corrected chi connectivity index (χ2v) is 8.71. The number of amides is 1. The van der Waals surface area contributed by atoms with Crippen molar-refractivity contribution in [1.82, 2.24) is 14.9 Å². The van der Waals surface area contributed by atoms with Crippen LogP contribution in [-0.2, 0) is 11.2 Å². The summed E-state index contributed by atoms with van der Waals surface area (Å²) in [6.07, 6.45) is 6.21. The van der Waals surface area contributed by atoms with E-state index in [4.69, 9.17) is 9.47 Å². The predicted octanol–water partition coefficient (Wildman–Crippen LogP) is 4.71. The Balaban J connectivity index is 1.32. The first kappa shape index (κ1) is 22.8. The molecule has 7 nitrogen and oxygen atoms in total. The molecule has 1 unspecified atom stereocenters. The Morgan fingerprint density at radius 2 is 2.00 bits per heavy atom. The molecule has 7 heteroatoms. The molecule has 1 aliphatic heterocycles. The topological polar surface area (TPSA) is 76.6 Å². The van der Waals surface area contributed by atoms with Gasteiger partial charge >= 0.3 is 0 Å². The van der Waals surface area contributed by atoms with E-state index in [-0.39, 0.29) is 11.8 Å². The lowest BCUT2D eigenvalue weighted by Gasteiger charge is -2.24. The van der Waals surface area contributed by atoms with Gasteiger partial charge in [0.05, 0.1) is 25.9 Å². The molecule has 1 fully saturated rings. The van der Waals surface area contributed by atoms with Crippen molar-refractivity contribution in [3.8, 4) is 5.75 Å². The summed E-state index contributed by atoms with van der Waals surface area (Å²) in [7, 11) is 1.63. The number of methoxy groups -OCH3 is 1. The van der Waals surface area contributed by atoms with Crippen molar-refractivity contribution in [3.63, 3.8) is 0 Å². The lowest BCUT2D eigenvalue weighted by molar-refractivity contribution is 0.0738. The zero-order valence-corrected chi connectivity index (χ0v) is 19.7. The molecule has 0 saturated carbocycles. The van der Waals surface area contributed by atoms with Crippen molar-refractivity contribution >= 4 is 28.2 Å². The molecule has 1 N–H and O–H groups in total. The fraction of sp³-hybridized carbons (Fsp3) is 0.250. The molecule has 2 aromatic carbocycles. The van der Waals surface area contributed by atoms with Gasteiger partial charge in [-0.05, 0) is 65.9 Å². The molecule has 0 radical (unpaired) electrons. The van der Waals surface area contributed by atoms with E-state index in [9.17, 15) is 4.79 Å². The van der Waals surface area contributed by atoms with E-state index in [2.05, 4.69) is 33.5 Å². The number of hydrogen-bond donors (Lipinski definition) is 1. The zero-order chi connectivity index (χ0) is 24.0. The first-order valence-electron chi connectivity index (χ1n) is 11.8. The summed E-state index contributed by atoms with van der Waals surface area (Å²) < 4.78 is 11.1. The van der Waals surface area contributed by atoms with Crippen LogP contribution in [0.15, 0.2) is 79.3 Å². The summed E-state index contributed by atoms with van der Waals surface area (Å²) in [6, 6.07) is 19.6. The SMILES string of the molecule is COc1ccc(Nc2ncccc2C(=O)N2CCOCC(Cc3ccc4ccncc4c3)C2)cc1. The lowest BCUT2D eigenvalue weighted by atomic mass is 9.97. The maximum atomic E-state index is 13.6. The average molecular weight is 469 g/mol. The minimum atomic E-state index is -0.0488. The molecule has 1 atom stereocenters. The van der Waals surface area contributed by atoms with Gasteiger partial charge in [-0.2, -0.15) is 0 Å². The first-order valence-corrected chi connectivity index (χ1v) is 11.8. The van der Waals surface area contributed by atoms with Crippen LogP contribution in [0.25, 0.3) is 10.8 Å².